The summed E-state index contributed by atoms with van der Waals surface area (Å²) in [5.74, 6) is 0.665. The Morgan fingerprint density at radius 3 is 2.00 bits per heavy atom. The molecule has 1 unspecified atom stereocenters. The number of likely N-dealkylation sites (N-methyl/N-ethyl adjacent to an activating group) is 1. The Balaban J connectivity index is 2.94. The number of nitrogens with zero attached hydrogens (tertiary/aromatic N) is 1. The van der Waals surface area contributed by atoms with Crippen LogP contribution in [0.2, 0.25) is 0 Å². The molecular weight excluding hydrogens is 244 g/mol. The van der Waals surface area contributed by atoms with Gasteiger partial charge in [0.1, 0.15) is 0 Å². The minimum absolute atomic E-state index is 0.207. The maximum absolute atomic E-state index is 6.04. The van der Waals surface area contributed by atoms with Gasteiger partial charge in [-0.15, -0.1) is 0 Å². The highest BCUT2D eigenvalue weighted by molar-refractivity contribution is 5.29. The second-order valence-electron chi connectivity index (χ2n) is 7.10. The lowest BCUT2D eigenvalue weighted by Gasteiger charge is -2.32. The summed E-state index contributed by atoms with van der Waals surface area (Å²) in [5, 5.41) is 0. The first-order chi connectivity index (χ1) is 9.29. The Morgan fingerprint density at radius 2 is 1.65 bits per heavy atom. The summed E-state index contributed by atoms with van der Waals surface area (Å²) in [6.45, 7) is 16.3. The summed E-state index contributed by atoms with van der Waals surface area (Å²) in [5.41, 5.74) is 8.96. The minimum atomic E-state index is 0.207. The standard InChI is InChI=1S/C18H32N2/c1-7-20(13-14(2)3)17(12-19)15-8-10-16(11-9-15)18(4,5)6/h8-11,14,17H,7,12-13,19H2,1-6H3. The topological polar surface area (TPSA) is 29.3 Å². The van der Waals surface area contributed by atoms with Crippen molar-refractivity contribution in [3.63, 3.8) is 0 Å². The predicted molar refractivity (Wildman–Crippen MR) is 89.0 cm³/mol. The quantitative estimate of drug-likeness (QED) is 0.852. The number of hydrogen-bond donors (Lipinski definition) is 1. The highest BCUT2D eigenvalue weighted by Gasteiger charge is 2.19. The minimum Gasteiger partial charge on any atom is -0.329 e. The molecule has 114 valence electrons. The molecule has 0 bridgehead atoms. The summed E-state index contributed by atoms with van der Waals surface area (Å²) in [6, 6.07) is 9.33. The second kappa shape index (κ2) is 7.24. The third-order valence-electron chi connectivity index (χ3n) is 3.83. The largest absolute Gasteiger partial charge is 0.329 e. The zero-order chi connectivity index (χ0) is 15.3. The van der Waals surface area contributed by atoms with Crippen molar-refractivity contribution in [2.75, 3.05) is 19.6 Å². The molecular formula is C18H32N2. The zero-order valence-electron chi connectivity index (χ0n) is 14.1. The first-order valence-corrected chi connectivity index (χ1v) is 7.84. The first kappa shape index (κ1) is 17.2. The molecule has 0 fully saturated rings. The molecule has 1 aromatic carbocycles. The molecule has 0 amide bonds. The third-order valence-corrected chi connectivity index (χ3v) is 3.83. The first-order valence-electron chi connectivity index (χ1n) is 7.84. The van der Waals surface area contributed by atoms with E-state index in [-0.39, 0.29) is 5.41 Å². The molecule has 0 aliphatic heterocycles. The molecule has 2 N–H and O–H groups in total. The normalized spacial score (nSPS) is 14.1. The number of hydrogen-bond acceptors (Lipinski definition) is 2. The summed E-state index contributed by atoms with van der Waals surface area (Å²) in [7, 11) is 0. The van der Waals surface area contributed by atoms with E-state index >= 15 is 0 Å². The Hall–Kier alpha value is -0.860. The average molecular weight is 276 g/mol. The molecule has 0 heterocycles. The van der Waals surface area contributed by atoms with Crippen molar-refractivity contribution >= 4 is 0 Å². The Kier molecular flexibility index (Phi) is 6.22. The van der Waals surface area contributed by atoms with E-state index in [4.69, 9.17) is 5.73 Å². The van der Waals surface area contributed by atoms with Crippen molar-refractivity contribution in [2.45, 2.75) is 53.0 Å². The van der Waals surface area contributed by atoms with E-state index in [1.54, 1.807) is 0 Å². The maximum Gasteiger partial charge on any atom is 0.0470 e. The van der Waals surface area contributed by atoms with Crippen LogP contribution < -0.4 is 5.73 Å². The van der Waals surface area contributed by atoms with Gasteiger partial charge in [0, 0.05) is 19.1 Å². The van der Waals surface area contributed by atoms with E-state index < -0.39 is 0 Å². The van der Waals surface area contributed by atoms with Gasteiger partial charge in [0.05, 0.1) is 0 Å². The van der Waals surface area contributed by atoms with Crippen LogP contribution in [0.5, 0.6) is 0 Å². The van der Waals surface area contributed by atoms with Gasteiger partial charge in [0.2, 0.25) is 0 Å². The lowest BCUT2D eigenvalue weighted by molar-refractivity contribution is 0.189. The summed E-state index contributed by atoms with van der Waals surface area (Å²) in [6.07, 6.45) is 0. The van der Waals surface area contributed by atoms with E-state index in [0.717, 1.165) is 13.1 Å². The van der Waals surface area contributed by atoms with Gasteiger partial charge in [-0.25, -0.2) is 0 Å². The molecule has 20 heavy (non-hydrogen) atoms. The van der Waals surface area contributed by atoms with Crippen LogP contribution in [0, 0.1) is 5.92 Å². The lowest BCUT2D eigenvalue weighted by Crippen LogP contribution is -2.36. The van der Waals surface area contributed by atoms with Crippen molar-refractivity contribution in [1.82, 2.24) is 4.90 Å². The van der Waals surface area contributed by atoms with Crippen LogP contribution >= 0.6 is 0 Å². The van der Waals surface area contributed by atoms with Gasteiger partial charge in [-0.3, -0.25) is 4.90 Å². The maximum atomic E-state index is 6.04. The Morgan fingerprint density at radius 1 is 1.10 bits per heavy atom. The fraction of sp³-hybridized carbons (Fsp3) is 0.667. The van der Waals surface area contributed by atoms with Crippen molar-refractivity contribution < 1.29 is 0 Å². The fourth-order valence-electron chi connectivity index (χ4n) is 2.65. The third kappa shape index (κ3) is 4.60. The van der Waals surface area contributed by atoms with Crippen LogP contribution in [0.25, 0.3) is 0 Å². The van der Waals surface area contributed by atoms with Gasteiger partial charge in [0.25, 0.3) is 0 Å². The molecule has 1 atom stereocenters. The molecule has 2 nitrogen and oxygen atoms in total. The van der Waals surface area contributed by atoms with Gasteiger partial charge in [-0.2, -0.15) is 0 Å². The molecule has 0 spiro atoms. The van der Waals surface area contributed by atoms with Crippen molar-refractivity contribution in [1.29, 1.82) is 0 Å². The molecule has 0 saturated heterocycles. The summed E-state index contributed by atoms with van der Waals surface area (Å²) >= 11 is 0. The average Bonchev–Trinajstić information content (AvgIpc) is 2.37. The smallest absolute Gasteiger partial charge is 0.0470 e. The molecule has 0 aromatic heterocycles. The Bertz CT molecular complexity index is 387. The lowest BCUT2D eigenvalue weighted by atomic mass is 9.86. The zero-order valence-corrected chi connectivity index (χ0v) is 14.1. The van der Waals surface area contributed by atoms with Crippen LogP contribution in [-0.4, -0.2) is 24.5 Å². The number of rotatable bonds is 6. The van der Waals surface area contributed by atoms with Crippen LogP contribution in [0.15, 0.2) is 24.3 Å². The molecule has 2 heteroatoms. The van der Waals surface area contributed by atoms with Crippen LogP contribution in [-0.2, 0) is 5.41 Å². The molecule has 0 radical (unpaired) electrons. The monoisotopic (exact) mass is 276 g/mol. The van der Waals surface area contributed by atoms with Gasteiger partial charge >= 0.3 is 0 Å². The summed E-state index contributed by atoms with van der Waals surface area (Å²) < 4.78 is 0. The number of nitrogens with two attached hydrogens (primary N) is 1. The van der Waals surface area contributed by atoms with Crippen LogP contribution in [0.3, 0.4) is 0 Å². The predicted octanol–water partition coefficient (Wildman–Crippen LogP) is 3.96. The van der Waals surface area contributed by atoms with E-state index in [0.29, 0.717) is 18.5 Å². The summed E-state index contributed by atoms with van der Waals surface area (Å²) in [4.78, 5) is 2.48. The fourth-order valence-corrected chi connectivity index (χ4v) is 2.65. The number of benzene rings is 1. The van der Waals surface area contributed by atoms with Crippen molar-refractivity contribution in [3.05, 3.63) is 35.4 Å². The van der Waals surface area contributed by atoms with Crippen LogP contribution in [0.4, 0.5) is 0 Å². The van der Waals surface area contributed by atoms with Gasteiger partial charge in [-0.1, -0.05) is 65.8 Å². The molecule has 0 saturated carbocycles. The second-order valence-corrected chi connectivity index (χ2v) is 7.10. The highest BCUT2D eigenvalue weighted by Crippen LogP contribution is 2.26. The SMILES string of the molecule is CCN(CC(C)C)C(CN)c1ccc(C(C)(C)C)cc1. The highest BCUT2D eigenvalue weighted by atomic mass is 15.2. The van der Waals surface area contributed by atoms with Gasteiger partial charge < -0.3 is 5.73 Å². The van der Waals surface area contributed by atoms with Crippen molar-refractivity contribution in [3.8, 4) is 0 Å². The van der Waals surface area contributed by atoms with Crippen molar-refractivity contribution in [2.24, 2.45) is 11.7 Å². The van der Waals surface area contributed by atoms with Crippen LogP contribution in [0.1, 0.15) is 58.7 Å². The van der Waals surface area contributed by atoms with E-state index in [1.165, 1.54) is 11.1 Å². The van der Waals surface area contributed by atoms with E-state index in [9.17, 15) is 0 Å². The molecule has 0 aliphatic rings. The van der Waals surface area contributed by atoms with Gasteiger partial charge in [-0.05, 0) is 29.0 Å². The van der Waals surface area contributed by atoms with E-state index in [1.807, 2.05) is 0 Å². The van der Waals surface area contributed by atoms with E-state index in [2.05, 4.69) is 70.7 Å². The van der Waals surface area contributed by atoms with Gasteiger partial charge in [0.15, 0.2) is 0 Å². The molecule has 1 aromatic rings. The molecule has 1 rings (SSSR count). The molecule has 0 aliphatic carbocycles. The Labute approximate surface area is 125 Å².